The molecule has 3 heteroatoms. The van der Waals surface area contributed by atoms with Crippen LogP contribution in [0.3, 0.4) is 0 Å². The fourth-order valence-electron chi connectivity index (χ4n) is 0.746. The van der Waals surface area contributed by atoms with E-state index in [0.717, 1.165) is 5.56 Å². The van der Waals surface area contributed by atoms with Crippen LogP contribution in [0.4, 0.5) is 0 Å². The minimum Gasteiger partial charge on any atom is -0.856 e. The van der Waals surface area contributed by atoms with Gasteiger partial charge in [-0.1, -0.05) is 0 Å². The lowest BCUT2D eigenvalue weighted by Gasteiger charge is -1.98. The lowest BCUT2D eigenvalue weighted by Crippen LogP contribution is -2.29. The number of aromatic nitrogens is 1. The SMILES string of the molecule is Cc1cc[n+](/C=C(/N)[O-])cc1. The standard InChI is InChI=1S/C8H10N2O/c1-7-2-4-10(5-3-7)6-8(9)11/h2-6H,9H2,1H3/b8-6-. The van der Waals surface area contributed by atoms with Crippen molar-refractivity contribution in [3.63, 3.8) is 0 Å². The summed E-state index contributed by atoms with van der Waals surface area (Å²) in [5.74, 6) is -0.446. The molecule has 0 atom stereocenters. The van der Waals surface area contributed by atoms with Crippen LogP contribution in [0.1, 0.15) is 5.56 Å². The van der Waals surface area contributed by atoms with Crippen LogP contribution in [0.5, 0.6) is 0 Å². The van der Waals surface area contributed by atoms with Crippen LogP contribution in [0.15, 0.2) is 30.4 Å². The normalized spacial score (nSPS) is 11.5. The number of pyridine rings is 1. The molecule has 0 spiro atoms. The van der Waals surface area contributed by atoms with Crippen molar-refractivity contribution in [2.75, 3.05) is 0 Å². The molecule has 2 N–H and O–H groups in total. The van der Waals surface area contributed by atoms with Crippen LogP contribution >= 0.6 is 0 Å². The second kappa shape index (κ2) is 3.05. The zero-order valence-electron chi connectivity index (χ0n) is 6.32. The highest BCUT2D eigenvalue weighted by Gasteiger charge is 1.91. The molecule has 1 heterocycles. The lowest BCUT2D eigenvalue weighted by molar-refractivity contribution is -0.573. The first-order valence-corrected chi connectivity index (χ1v) is 3.30. The van der Waals surface area contributed by atoms with Gasteiger partial charge in [-0.15, -0.1) is 0 Å². The van der Waals surface area contributed by atoms with Gasteiger partial charge in [0.15, 0.2) is 18.6 Å². The molecule has 0 amide bonds. The van der Waals surface area contributed by atoms with Gasteiger partial charge in [-0.3, -0.25) is 0 Å². The van der Waals surface area contributed by atoms with E-state index in [1.807, 2.05) is 19.1 Å². The van der Waals surface area contributed by atoms with Gasteiger partial charge in [-0.25, -0.2) is 0 Å². The van der Waals surface area contributed by atoms with Crippen LogP contribution in [-0.4, -0.2) is 0 Å². The summed E-state index contributed by atoms with van der Waals surface area (Å²) < 4.78 is 1.62. The minimum atomic E-state index is -0.446. The predicted octanol–water partition coefficient (Wildman–Crippen LogP) is -0.643. The van der Waals surface area contributed by atoms with Crippen LogP contribution in [-0.2, 0) is 0 Å². The Morgan fingerprint density at radius 2 is 2.09 bits per heavy atom. The maximum Gasteiger partial charge on any atom is 0.182 e. The molecule has 0 aliphatic carbocycles. The molecule has 3 nitrogen and oxygen atoms in total. The van der Waals surface area contributed by atoms with E-state index in [1.165, 1.54) is 6.20 Å². The van der Waals surface area contributed by atoms with Crippen molar-refractivity contribution in [3.8, 4) is 0 Å². The van der Waals surface area contributed by atoms with Gasteiger partial charge >= 0.3 is 0 Å². The molecular formula is C8H10N2O. The maximum absolute atomic E-state index is 10.4. The van der Waals surface area contributed by atoms with E-state index in [2.05, 4.69) is 0 Å². The average molecular weight is 150 g/mol. The Morgan fingerprint density at radius 3 is 2.55 bits per heavy atom. The van der Waals surface area contributed by atoms with E-state index in [9.17, 15) is 5.11 Å². The smallest absolute Gasteiger partial charge is 0.182 e. The van der Waals surface area contributed by atoms with Gasteiger partial charge in [0.2, 0.25) is 0 Å². The van der Waals surface area contributed by atoms with Gasteiger partial charge in [0.05, 0.1) is 0 Å². The van der Waals surface area contributed by atoms with Gasteiger partial charge in [-0.2, -0.15) is 4.57 Å². The topological polar surface area (TPSA) is 53.0 Å². The highest BCUT2D eigenvalue weighted by molar-refractivity contribution is 5.10. The molecule has 0 radical (unpaired) electrons. The Morgan fingerprint density at radius 1 is 1.55 bits per heavy atom. The van der Waals surface area contributed by atoms with Crippen molar-refractivity contribution >= 4 is 6.20 Å². The second-order valence-corrected chi connectivity index (χ2v) is 2.35. The zero-order valence-corrected chi connectivity index (χ0v) is 6.32. The van der Waals surface area contributed by atoms with Crippen LogP contribution in [0.25, 0.3) is 6.20 Å². The molecule has 0 aliphatic rings. The number of rotatable bonds is 1. The van der Waals surface area contributed by atoms with Crippen molar-refractivity contribution in [1.29, 1.82) is 0 Å². The molecule has 1 aromatic rings. The number of nitrogens with two attached hydrogens (primary N) is 1. The van der Waals surface area contributed by atoms with Crippen LogP contribution < -0.4 is 15.4 Å². The first-order chi connectivity index (χ1) is 5.18. The molecule has 11 heavy (non-hydrogen) atoms. The molecule has 0 saturated carbocycles. The molecule has 1 rings (SSSR count). The van der Waals surface area contributed by atoms with Crippen LogP contribution in [0.2, 0.25) is 0 Å². The van der Waals surface area contributed by atoms with Gasteiger partial charge in [0.25, 0.3) is 0 Å². The first-order valence-electron chi connectivity index (χ1n) is 3.30. The Bertz CT molecular complexity index is 260. The first kappa shape index (κ1) is 7.60. The summed E-state index contributed by atoms with van der Waals surface area (Å²) in [4.78, 5) is 0. The van der Waals surface area contributed by atoms with Gasteiger partial charge < -0.3 is 10.8 Å². The predicted molar refractivity (Wildman–Crippen MR) is 39.8 cm³/mol. The summed E-state index contributed by atoms with van der Waals surface area (Å²) in [6, 6.07) is 3.80. The fourth-order valence-corrected chi connectivity index (χ4v) is 0.746. The van der Waals surface area contributed by atoms with Gasteiger partial charge in [-0.05, 0) is 12.5 Å². The highest BCUT2D eigenvalue weighted by Crippen LogP contribution is 1.89. The van der Waals surface area contributed by atoms with E-state index in [0.29, 0.717) is 0 Å². The average Bonchev–Trinajstić information content (AvgIpc) is 1.93. The highest BCUT2D eigenvalue weighted by atomic mass is 16.3. The van der Waals surface area contributed by atoms with Crippen molar-refractivity contribution < 1.29 is 9.67 Å². The zero-order chi connectivity index (χ0) is 8.27. The monoisotopic (exact) mass is 150 g/mol. The summed E-state index contributed by atoms with van der Waals surface area (Å²) in [7, 11) is 0. The summed E-state index contributed by atoms with van der Waals surface area (Å²) in [6.45, 7) is 1.98. The van der Waals surface area contributed by atoms with E-state index in [-0.39, 0.29) is 0 Å². The van der Waals surface area contributed by atoms with E-state index >= 15 is 0 Å². The Balaban J connectivity index is 2.91. The van der Waals surface area contributed by atoms with Crippen LogP contribution in [0, 0.1) is 6.92 Å². The number of hydrogen-bond acceptors (Lipinski definition) is 2. The third kappa shape index (κ3) is 2.29. The Hall–Kier alpha value is -1.51. The molecule has 0 fully saturated rings. The molecule has 0 aromatic carbocycles. The van der Waals surface area contributed by atoms with Crippen molar-refractivity contribution in [2.24, 2.45) is 5.73 Å². The quantitative estimate of drug-likeness (QED) is 0.427. The van der Waals surface area contributed by atoms with E-state index in [1.54, 1.807) is 17.0 Å². The third-order valence-corrected chi connectivity index (χ3v) is 1.30. The van der Waals surface area contributed by atoms with Crippen molar-refractivity contribution in [1.82, 2.24) is 0 Å². The third-order valence-electron chi connectivity index (χ3n) is 1.30. The lowest BCUT2D eigenvalue weighted by atomic mass is 10.3. The summed E-state index contributed by atoms with van der Waals surface area (Å²) in [5, 5.41) is 10.4. The number of aryl methyl sites for hydroxylation is 1. The second-order valence-electron chi connectivity index (χ2n) is 2.35. The molecule has 0 unspecified atom stereocenters. The Labute approximate surface area is 65.4 Å². The van der Waals surface area contributed by atoms with Crippen molar-refractivity contribution in [3.05, 3.63) is 36.0 Å². The molecule has 1 aromatic heterocycles. The molecule has 0 bridgehead atoms. The van der Waals surface area contributed by atoms with Crippen molar-refractivity contribution in [2.45, 2.75) is 6.92 Å². The fraction of sp³-hybridized carbons (Fsp3) is 0.125. The minimum absolute atomic E-state index is 0.446. The molecule has 0 saturated heterocycles. The Kier molecular flexibility index (Phi) is 2.11. The van der Waals surface area contributed by atoms with E-state index in [4.69, 9.17) is 5.73 Å². The number of nitrogens with zero attached hydrogens (tertiary/aromatic N) is 1. The molecule has 0 aliphatic heterocycles. The summed E-state index contributed by atoms with van der Waals surface area (Å²) >= 11 is 0. The molecular weight excluding hydrogens is 140 g/mol. The van der Waals surface area contributed by atoms with E-state index < -0.39 is 5.88 Å². The summed E-state index contributed by atoms with van der Waals surface area (Å²) in [6.07, 6.45) is 4.87. The number of hydrogen-bond donors (Lipinski definition) is 1. The largest absolute Gasteiger partial charge is 0.856 e. The summed E-state index contributed by atoms with van der Waals surface area (Å²) in [5.41, 5.74) is 6.10. The molecule has 58 valence electrons. The van der Waals surface area contributed by atoms with Gasteiger partial charge in [0.1, 0.15) is 0 Å². The maximum atomic E-state index is 10.4. The van der Waals surface area contributed by atoms with Gasteiger partial charge in [0, 0.05) is 18.0 Å².